The van der Waals surface area contributed by atoms with E-state index in [1.165, 1.54) is 12.1 Å². The van der Waals surface area contributed by atoms with Gasteiger partial charge in [0.2, 0.25) is 0 Å². The van der Waals surface area contributed by atoms with Crippen molar-refractivity contribution in [2.24, 2.45) is 0 Å². The van der Waals surface area contributed by atoms with E-state index in [2.05, 4.69) is 10.1 Å². The molecule has 0 aromatic heterocycles. The van der Waals surface area contributed by atoms with Gasteiger partial charge >= 0.3 is 6.09 Å². The summed E-state index contributed by atoms with van der Waals surface area (Å²) in [5, 5.41) is 29.7. The molecule has 8 heteroatoms. The minimum absolute atomic E-state index is 0.112. The highest BCUT2D eigenvalue weighted by Gasteiger charge is 2.15. The van der Waals surface area contributed by atoms with Crippen molar-refractivity contribution in [1.82, 2.24) is 5.06 Å². The number of aliphatic hydroxyl groups is 1. The first-order valence-electron chi connectivity index (χ1n) is 5.30. The maximum Gasteiger partial charge on any atom is 0.411 e. The number of phenols is 1. The number of amides is 2. The Kier molecular flexibility index (Phi) is 5.10. The first kappa shape index (κ1) is 14.7. The second-order valence-corrected chi connectivity index (χ2v) is 3.55. The van der Waals surface area contributed by atoms with Crippen LogP contribution < -0.4 is 5.32 Å². The molecule has 0 saturated carbocycles. The van der Waals surface area contributed by atoms with Crippen molar-refractivity contribution in [3.8, 4) is 5.75 Å². The molecule has 0 aliphatic heterocycles. The quantitative estimate of drug-likeness (QED) is 0.464. The molecule has 0 heterocycles. The number of phenolic OH excluding ortho intramolecular Hbond substituents is 1. The maximum atomic E-state index is 11.4. The second-order valence-electron chi connectivity index (χ2n) is 3.55. The average Bonchev–Trinajstić information content (AvgIpc) is 2.35. The molecular weight excluding hydrogens is 256 g/mol. The molecule has 0 unspecified atom stereocenters. The number of ether oxygens (including phenoxy) is 1. The van der Waals surface area contributed by atoms with Crippen LogP contribution in [0.3, 0.4) is 0 Å². The van der Waals surface area contributed by atoms with Crippen LogP contribution in [-0.2, 0) is 4.74 Å². The lowest BCUT2D eigenvalue weighted by molar-refractivity contribution is -0.0376. The Hall–Kier alpha value is -2.32. The van der Waals surface area contributed by atoms with Crippen LogP contribution in [0.5, 0.6) is 5.75 Å². The monoisotopic (exact) mass is 270 g/mol. The smallest absolute Gasteiger partial charge is 0.411 e. The van der Waals surface area contributed by atoms with Gasteiger partial charge in [0.25, 0.3) is 5.91 Å². The van der Waals surface area contributed by atoms with Gasteiger partial charge in [-0.1, -0.05) is 0 Å². The van der Waals surface area contributed by atoms with Crippen LogP contribution in [0.4, 0.5) is 10.5 Å². The van der Waals surface area contributed by atoms with E-state index in [-0.39, 0.29) is 24.5 Å². The maximum absolute atomic E-state index is 11.4. The molecule has 19 heavy (non-hydrogen) atoms. The fraction of sp³-hybridized carbons (Fsp3) is 0.273. The van der Waals surface area contributed by atoms with Crippen LogP contribution in [0.25, 0.3) is 0 Å². The standard InChI is InChI=1S/C11H14N2O6/c1-13(18)10(16)8-3-2-7(6-9(8)15)12-11(17)19-5-4-14/h2-3,6,14-15,18H,4-5H2,1H3,(H,12,17). The number of aromatic hydroxyl groups is 1. The highest BCUT2D eigenvalue weighted by Crippen LogP contribution is 2.22. The SMILES string of the molecule is CN(O)C(=O)c1ccc(NC(=O)OCCO)cc1O. The third-order valence-electron chi connectivity index (χ3n) is 2.09. The molecule has 0 bridgehead atoms. The summed E-state index contributed by atoms with van der Waals surface area (Å²) in [5.41, 5.74) is 0.0943. The Morgan fingerprint density at radius 1 is 1.42 bits per heavy atom. The van der Waals surface area contributed by atoms with Crippen LogP contribution in [0.15, 0.2) is 18.2 Å². The number of carbonyl (C=O) groups is 2. The zero-order chi connectivity index (χ0) is 14.4. The van der Waals surface area contributed by atoms with Crippen molar-refractivity contribution in [3.63, 3.8) is 0 Å². The zero-order valence-electron chi connectivity index (χ0n) is 10.2. The molecule has 1 rings (SSSR count). The molecule has 0 aliphatic rings. The lowest BCUT2D eigenvalue weighted by Gasteiger charge is -2.11. The first-order chi connectivity index (χ1) is 8.95. The van der Waals surface area contributed by atoms with Gasteiger partial charge in [0.15, 0.2) is 0 Å². The van der Waals surface area contributed by atoms with Crippen molar-refractivity contribution < 1.29 is 29.7 Å². The van der Waals surface area contributed by atoms with E-state index < -0.39 is 17.7 Å². The van der Waals surface area contributed by atoms with Crippen molar-refractivity contribution >= 4 is 17.7 Å². The summed E-state index contributed by atoms with van der Waals surface area (Å²) in [7, 11) is 1.13. The van der Waals surface area contributed by atoms with Crippen molar-refractivity contribution in [2.45, 2.75) is 0 Å². The molecule has 4 N–H and O–H groups in total. The second kappa shape index (κ2) is 6.57. The Morgan fingerprint density at radius 3 is 2.63 bits per heavy atom. The summed E-state index contributed by atoms with van der Waals surface area (Å²) >= 11 is 0. The molecule has 0 spiro atoms. The summed E-state index contributed by atoms with van der Waals surface area (Å²) in [5.74, 6) is -1.18. The molecule has 0 aliphatic carbocycles. The lowest BCUT2D eigenvalue weighted by atomic mass is 10.1. The number of anilines is 1. The van der Waals surface area contributed by atoms with Crippen molar-refractivity contribution in [2.75, 3.05) is 25.6 Å². The third-order valence-corrected chi connectivity index (χ3v) is 2.09. The molecule has 0 atom stereocenters. The highest BCUT2D eigenvalue weighted by molar-refractivity contribution is 5.97. The molecule has 104 valence electrons. The molecule has 8 nitrogen and oxygen atoms in total. The molecule has 0 saturated heterocycles. The number of hydrogen-bond acceptors (Lipinski definition) is 6. The minimum Gasteiger partial charge on any atom is -0.507 e. The number of rotatable bonds is 4. The topological polar surface area (TPSA) is 119 Å². The van der Waals surface area contributed by atoms with Crippen LogP contribution in [0.1, 0.15) is 10.4 Å². The molecule has 1 aromatic rings. The molecule has 0 fully saturated rings. The van der Waals surface area contributed by atoms with E-state index in [1.807, 2.05) is 0 Å². The van der Waals surface area contributed by atoms with Crippen LogP contribution in [0.2, 0.25) is 0 Å². The van der Waals surface area contributed by atoms with Gasteiger partial charge in [0.05, 0.1) is 12.2 Å². The summed E-state index contributed by atoms with van der Waals surface area (Å²) in [6.45, 7) is -0.446. The van der Waals surface area contributed by atoms with Crippen molar-refractivity contribution in [1.29, 1.82) is 0 Å². The summed E-state index contributed by atoms with van der Waals surface area (Å²) in [6.07, 6.45) is -0.799. The first-order valence-corrected chi connectivity index (χ1v) is 5.30. The Morgan fingerprint density at radius 2 is 2.11 bits per heavy atom. The van der Waals surface area contributed by atoms with Gasteiger partial charge in [-0.3, -0.25) is 15.3 Å². The molecule has 0 radical (unpaired) electrons. The van der Waals surface area contributed by atoms with Crippen LogP contribution >= 0.6 is 0 Å². The largest absolute Gasteiger partial charge is 0.507 e. The number of nitrogens with one attached hydrogen (secondary N) is 1. The minimum atomic E-state index is -0.799. The van der Waals surface area contributed by atoms with Crippen LogP contribution in [0, 0.1) is 0 Å². The van der Waals surface area contributed by atoms with E-state index in [0.29, 0.717) is 5.06 Å². The predicted molar refractivity (Wildman–Crippen MR) is 64.0 cm³/mol. The van der Waals surface area contributed by atoms with E-state index in [9.17, 15) is 14.7 Å². The number of hydrogen-bond donors (Lipinski definition) is 4. The number of aliphatic hydroxyl groups excluding tert-OH is 1. The number of benzene rings is 1. The van der Waals surface area contributed by atoms with Crippen LogP contribution in [-0.4, -0.2) is 52.7 Å². The van der Waals surface area contributed by atoms with Gasteiger partial charge < -0.3 is 14.9 Å². The van der Waals surface area contributed by atoms with Gasteiger partial charge in [0, 0.05) is 18.8 Å². The van der Waals surface area contributed by atoms with Gasteiger partial charge in [-0.2, -0.15) is 0 Å². The lowest BCUT2D eigenvalue weighted by Crippen LogP contribution is -2.22. The number of carbonyl (C=O) groups excluding carboxylic acids is 2. The fourth-order valence-electron chi connectivity index (χ4n) is 1.26. The van der Waals surface area contributed by atoms with Crippen molar-refractivity contribution in [3.05, 3.63) is 23.8 Å². The molecular formula is C11H14N2O6. The van der Waals surface area contributed by atoms with Gasteiger partial charge in [-0.25, -0.2) is 9.86 Å². The fourth-order valence-corrected chi connectivity index (χ4v) is 1.26. The summed E-state index contributed by atoms with van der Waals surface area (Å²) < 4.78 is 4.55. The highest BCUT2D eigenvalue weighted by atomic mass is 16.6. The Bertz CT molecular complexity index is 474. The Balaban J connectivity index is 2.77. The van der Waals surface area contributed by atoms with E-state index in [0.717, 1.165) is 13.1 Å². The zero-order valence-corrected chi connectivity index (χ0v) is 10.2. The normalized spacial score (nSPS) is 9.84. The summed E-state index contributed by atoms with van der Waals surface area (Å²) in [4.78, 5) is 22.6. The van der Waals surface area contributed by atoms with Gasteiger partial charge in [0.1, 0.15) is 12.4 Å². The molecule has 1 aromatic carbocycles. The van der Waals surface area contributed by atoms with E-state index in [4.69, 9.17) is 10.3 Å². The molecule has 2 amide bonds. The third kappa shape index (κ3) is 4.12. The number of hydroxylamine groups is 2. The summed E-state index contributed by atoms with van der Waals surface area (Å²) in [6, 6.07) is 3.74. The predicted octanol–water partition coefficient (Wildman–Crippen LogP) is 0.394. The number of nitrogens with zero attached hydrogens (tertiary/aromatic N) is 1. The Labute approximate surface area is 108 Å². The average molecular weight is 270 g/mol. The van der Waals surface area contributed by atoms with Gasteiger partial charge in [-0.05, 0) is 12.1 Å². The van der Waals surface area contributed by atoms with E-state index in [1.54, 1.807) is 0 Å². The van der Waals surface area contributed by atoms with E-state index >= 15 is 0 Å². The van der Waals surface area contributed by atoms with Gasteiger partial charge in [-0.15, -0.1) is 0 Å².